The Morgan fingerprint density at radius 3 is 2.81 bits per heavy atom. The molecule has 3 N–H and O–H groups in total. The number of benzene rings is 2. The minimum atomic E-state index is -0.111. The molecule has 1 aliphatic rings. The molecular weight excluding hydrogens is 338 g/mol. The summed E-state index contributed by atoms with van der Waals surface area (Å²) in [5, 5.41) is 7.39. The maximum absolute atomic E-state index is 12.4. The number of carbonyl (C=O) groups excluding carboxylic acids is 1. The zero-order chi connectivity index (χ0) is 18.6. The van der Waals surface area contributed by atoms with Crippen molar-refractivity contribution in [1.29, 1.82) is 0 Å². The van der Waals surface area contributed by atoms with E-state index < -0.39 is 0 Å². The molecule has 0 unspecified atom stereocenters. The zero-order valence-electron chi connectivity index (χ0n) is 15.5. The third-order valence-electron chi connectivity index (χ3n) is 5.28. The molecule has 5 heteroatoms. The second kappa shape index (κ2) is 7.74. The van der Waals surface area contributed by atoms with E-state index in [0.29, 0.717) is 6.54 Å². The number of H-pyrrole nitrogens is 1. The van der Waals surface area contributed by atoms with Gasteiger partial charge in [0.2, 0.25) is 0 Å². The van der Waals surface area contributed by atoms with Crippen LogP contribution in [-0.2, 0) is 12.8 Å². The van der Waals surface area contributed by atoms with E-state index in [-0.39, 0.29) is 12.1 Å². The SMILES string of the molecule is COc1ccc(CCNC(=O)N[C@H]2CCCc3c2[nH]c2ccccc32)cc1. The number of nitrogens with one attached hydrogen (secondary N) is 3. The summed E-state index contributed by atoms with van der Waals surface area (Å²) in [6.07, 6.45) is 3.91. The molecule has 140 valence electrons. The summed E-state index contributed by atoms with van der Waals surface area (Å²) in [6, 6.07) is 16.2. The van der Waals surface area contributed by atoms with Gasteiger partial charge in [-0.05, 0) is 55.0 Å². The molecule has 0 bridgehead atoms. The normalized spacial score (nSPS) is 16.0. The van der Waals surface area contributed by atoms with Gasteiger partial charge in [-0.1, -0.05) is 30.3 Å². The summed E-state index contributed by atoms with van der Waals surface area (Å²) in [5.41, 5.74) is 4.83. The lowest BCUT2D eigenvalue weighted by Crippen LogP contribution is -2.40. The molecule has 0 saturated heterocycles. The van der Waals surface area contributed by atoms with Crippen molar-refractivity contribution >= 4 is 16.9 Å². The minimum absolute atomic E-state index is 0.0436. The molecule has 2 aromatic carbocycles. The topological polar surface area (TPSA) is 66.2 Å². The van der Waals surface area contributed by atoms with Crippen LogP contribution in [-0.4, -0.2) is 24.7 Å². The van der Waals surface area contributed by atoms with E-state index in [1.54, 1.807) is 7.11 Å². The van der Waals surface area contributed by atoms with Crippen molar-refractivity contribution < 1.29 is 9.53 Å². The molecule has 27 heavy (non-hydrogen) atoms. The van der Waals surface area contributed by atoms with Crippen molar-refractivity contribution in [1.82, 2.24) is 15.6 Å². The summed E-state index contributed by atoms with van der Waals surface area (Å²) in [6.45, 7) is 0.602. The molecule has 2 amide bonds. The minimum Gasteiger partial charge on any atom is -0.497 e. The number of aromatic nitrogens is 1. The summed E-state index contributed by atoms with van der Waals surface area (Å²) in [5.74, 6) is 0.843. The number of rotatable bonds is 5. The van der Waals surface area contributed by atoms with Gasteiger partial charge in [-0.25, -0.2) is 4.79 Å². The fourth-order valence-electron chi connectivity index (χ4n) is 3.88. The third-order valence-corrected chi connectivity index (χ3v) is 5.28. The predicted molar refractivity (Wildman–Crippen MR) is 107 cm³/mol. The molecule has 3 aromatic rings. The molecule has 0 fully saturated rings. The van der Waals surface area contributed by atoms with Gasteiger partial charge >= 0.3 is 6.03 Å². The monoisotopic (exact) mass is 363 g/mol. The van der Waals surface area contributed by atoms with Gasteiger partial charge in [-0.3, -0.25) is 0 Å². The molecule has 5 nitrogen and oxygen atoms in total. The predicted octanol–water partition coefficient (Wildman–Crippen LogP) is 4.10. The Morgan fingerprint density at radius 2 is 2.00 bits per heavy atom. The molecule has 0 spiro atoms. The highest BCUT2D eigenvalue weighted by atomic mass is 16.5. The van der Waals surface area contributed by atoms with Gasteiger partial charge in [-0.2, -0.15) is 0 Å². The molecule has 1 aromatic heterocycles. The van der Waals surface area contributed by atoms with E-state index in [9.17, 15) is 4.79 Å². The van der Waals surface area contributed by atoms with Gasteiger partial charge in [-0.15, -0.1) is 0 Å². The first-order valence-electron chi connectivity index (χ1n) is 9.51. The maximum atomic E-state index is 12.4. The van der Waals surface area contributed by atoms with Crippen molar-refractivity contribution in [3.05, 3.63) is 65.4 Å². The number of urea groups is 1. The third kappa shape index (κ3) is 3.77. The van der Waals surface area contributed by atoms with Crippen LogP contribution in [0.15, 0.2) is 48.5 Å². The van der Waals surface area contributed by atoms with E-state index in [0.717, 1.165) is 42.6 Å². The molecule has 1 heterocycles. The lowest BCUT2D eigenvalue weighted by atomic mass is 9.92. The highest BCUT2D eigenvalue weighted by Gasteiger charge is 2.25. The van der Waals surface area contributed by atoms with Crippen LogP contribution in [0.1, 0.15) is 35.7 Å². The summed E-state index contributed by atoms with van der Waals surface area (Å²) >= 11 is 0. The van der Waals surface area contributed by atoms with Gasteiger partial charge in [0.25, 0.3) is 0 Å². The Labute approximate surface area is 159 Å². The number of para-hydroxylation sites is 1. The number of amides is 2. The van der Waals surface area contributed by atoms with Gasteiger partial charge in [0.1, 0.15) is 5.75 Å². The Hall–Kier alpha value is -2.95. The Bertz CT molecular complexity index is 930. The van der Waals surface area contributed by atoms with E-state index in [2.05, 4.69) is 33.8 Å². The fraction of sp³-hybridized carbons (Fsp3) is 0.318. The Morgan fingerprint density at radius 1 is 1.19 bits per heavy atom. The average Bonchev–Trinajstić information content (AvgIpc) is 3.08. The average molecular weight is 363 g/mol. The first-order chi connectivity index (χ1) is 13.2. The largest absolute Gasteiger partial charge is 0.497 e. The quantitative estimate of drug-likeness (QED) is 0.639. The van der Waals surface area contributed by atoms with E-state index >= 15 is 0 Å². The second-order valence-corrected chi connectivity index (χ2v) is 7.01. The van der Waals surface area contributed by atoms with Gasteiger partial charge in [0.15, 0.2) is 0 Å². The number of aryl methyl sites for hydroxylation is 1. The first kappa shape index (κ1) is 17.5. The fourth-order valence-corrected chi connectivity index (χ4v) is 3.88. The smallest absolute Gasteiger partial charge is 0.315 e. The number of carbonyl (C=O) groups is 1. The summed E-state index contributed by atoms with van der Waals surface area (Å²) in [4.78, 5) is 15.9. The standard InChI is InChI=1S/C22H25N3O2/c1-27-16-11-9-15(10-12-16)13-14-23-22(26)25-20-8-4-6-18-17-5-2-3-7-19(17)24-21(18)20/h2-3,5,7,9-12,20,24H,4,6,8,13-14H2,1H3,(H2,23,25,26)/t20-/m0/s1. The first-order valence-corrected chi connectivity index (χ1v) is 9.51. The van der Waals surface area contributed by atoms with Crippen LogP contribution in [0.4, 0.5) is 4.79 Å². The molecule has 1 atom stereocenters. The molecular formula is C22H25N3O2. The van der Waals surface area contributed by atoms with Crippen molar-refractivity contribution in [3.63, 3.8) is 0 Å². The van der Waals surface area contributed by atoms with E-state index in [1.165, 1.54) is 16.5 Å². The van der Waals surface area contributed by atoms with Crippen molar-refractivity contribution in [2.45, 2.75) is 31.7 Å². The lowest BCUT2D eigenvalue weighted by molar-refractivity contribution is 0.235. The number of hydrogen-bond donors (Lipinski definition) is 3. The highest BCUT2D eigenvalue weighted by Crippen LogP contribution is 2.34. The molecule has 1 aliphatic carbocycles. The van der Waals surface area contributed by atoms with Gasteiger partial charge in [0, 0.05) is 23.1 Å². The van der Waals surface area contributed by atoms with Crippen molar-refractivity contribution in [2.24, 2.45) is 0 Å². The maximum Gasteiger partial charge on any atom is 0.315 e. The van der Waals surface area contributed by atoms with Gasteiger partial charge < -0.3 is 20.4 Å². The van der Waals surface area contributed by atoms with Crippen LogP contribution in [0.3, 0.4) is 0 Å². The van der Waals surface area contributed by atoms with E-state index in [4.69, 9.17) is 4.74 Å². The van der Waals surface area contributed by atoms with Crippen LogP contribution >= 0.6 is 0 Å². The van der Waals surface area contributed by atoms with Crippen LogP contribution in [0.5, 0.6) is 5.75 Å². The van der Waals surface area contributed by atoms with Crippen molar-refractivity contribution in [3.8, 4) is 5.75 Å². The summed E-state index contributed by atoms with van der Waals surface area (Å²) in [7, 11) is 1.66. The number of hydrogen-bond acceptors (Lipinski definition) is 2. The highest BCUT2D eigenvalue weighted by molar-refractivity contribution is 5.85. The van der Waals surface area contributed by atoms with E-state index in [1.807, 2.05) is 30.3 Å². The number of methoxy groups -OCH3 is 1. The lowest BCUT2D eigenvalue weighted by Gasteiger charge is -2.24. The summed E-state index contributed by atoms with van der Waals surface area (Å²) < 4.78 is 5.16. The van der Waals surface area contributed by atoms with Gasteiger partial charge in [0.05, 0.1) is 13.2 Å². The Kier molecular flexibility index (Phi) is 5.01. The molecule has 0 aliphatic heterocycles. The molecule has 4 rings (SSSR count). The second-order valence-electron chi connectivity index (χ2n) is 7.01. The van der Waals surface area contributed by atoms with Crippen LogP contribution in [0.2, 0.25) is 0 Å². The van der Waals surface area contributed by atoms with Crippen LogP contribution < -0.4 is 15.4 Å². The Balaban J connectivity index is 1.35. The van der Waals surface area contributed by atoms with Crippen LogP contribution in [0.25, 0.3) is 10.9 Å². The zero-order valence-corrected chi connectivity index (χ0v) is 15.5. The number of ether oxygens (including phenoxy) is 1. The van der Waals surface area contributed by atoms with Crippen molar-refractivity contribution in [2.75, 3.05) is 13.7 Å². The van der Waals surface area contributed by atoms with Crippen LogP contribution in [0, 0.1) is 0 Å². The number of aromatic amines is 1. The molecule has 0 saturated carbocycles. The molecule has 0 radical (unpaired) electrons. The number of fused-ring (bicyclic) bond motifs is 3.